The van der Waals surface area contributed by atoms with E-state index in [0.717, 1.165) is 10.7 Å². The summed E-state index contributed by atoms with van der Waals surface area (Å²) in [7, 11) is 0. The summed E-state index contributed by atoms with van der Waals surface area (Å²) < 4.78 is 0. The molecule has 0 amide bonds. The molecule has 8 nitrogen and oxygen atoms in total. The predicted molar refractivity (Wildman–Crippen MR) is 20.2 cm³/mol. The van der Waals surface area contributed by atoms with Crippen molar-refractivity contribution >= 4 is 0 Å². The van der Waals surface area contributed by atoms with Crippen LogP contribution in [0.1, 0.15) is 0 Å². The third-order valence-corrected chi connectivity index (χ3v) is 0. The average Bonchev–Trinajstić information content (AvgIpc) is 1.39. The van der Waals surface area contributed by atoms with E-state index in [-0.39, 0.29) is 32.0 Å². The molecule has 60 valence electrons. The van der Waals surface area contributed by atoms with Crippen molar-refractivity contribution < 1.29 is 42.4 Å². The van der Waals surface area contributed by atoms with Gasteiger partial charge in [0.05, 0.1) is 0 Å². The molecular formula is H4N2O6Pt. The summed E-state index contributed by atoms with van der Waals surface area (Å²) in [5.74, 6) is 0. The zero-order chi connectivity index (χ0) is 5.41. The first kappa shape index (κ1) is 39.7. The van der Waals surface area contributed by atoms with Gasteiger partial charge in [0.2, 0.25) is 10.7 Å². The third-order valence-electron chi connectivity index (χ3n) is 0. The normalized spacial score (nSPS) is 2.67. The molecule has 0 aromatic heterocycles. The van der Waals surface area contributed by atoms with Crippen LogP contribution in [0.25, 0.3) is 0 Å². The maximum absolute atomic E-state index is 8.00. The molecule has 0 saturated heterocycles. The van der Waals surface area contributed by atoms with E-state index in [0.29, 0.717) is 0 Å². The van der Waals surface area contributed by atoms with Gasteiger partial charge in [-0.1, -0.05) is 0 Å². The largest absolute Gasteiger partial charge is 0.412 e. The van der Waals surface area contributed by atoms with Crippen molar-refractivity contribution in [2.75, 3.05) is 0 Å². The topological polar surface area (TPSA) is 162 Å². The van der Waals surface area contributed by atoms with Crippen LogP contribution in [0.3, 0.4) is 0 Å². The summed E-state index contributed by atoms with van der Waals surface area (Å²) in [5, 5.41) is 18.0. The van der Waals surface area contributed by atoms with Gasteiger partial charge in [-0.15, -0.1) is 20.2 Å². The summed E-state index contributed by atoms with van der Waals surface area (Å²) >= 11 is 0. The predicted octanol–water partition coefficient (Wildman–Crippen LogP) is -1.46. The van der Waals surface area contributed by atoms with Crippen LogP contribution >= 0.6 is 0 Å². The van der Waals surface area contributed by atoms with Crippen molar-refractivity contribution in [3.63, 3.8) is 0 Å². The van der Waals surface area contributed by atoms with Gasteiger partial charge in [0, 0.05) is 21.1 Å². The fourth-order valence-electron chi connectivity index (χ4n) is 0. The number of nitrogens with zero attached hydrogens (tertiary/aromatic N) is 2. The summed E-state index contributed by atoms with van der Waals surface area (Å²) in [5.41, 5.74) is 0. The number of hydrogen-bond donors (Lipinski definition) is 0. The Morgan fingerprint density at radius 1 is 0.778 bits per heavy atom. The maximum atomic E-state index is 8.00. The molecule has 0 spiro atoms. The second-order valence-corrected chi connectivity index (χ2v) is 0.149. The van der Waals surface area contributed by atoms with E-state index in [2.05, 4.69) is 0 Å². The van der Waals surface area contributed by atoms with Gasteiger partial charge >= 0.3 is 0 Å². The minimum absolute atomic E-state index is 0. The fraction of sp³-hybridized carbons (Fsp3) is 0. The summed E-state index contributed by atoms with van der Waals surface area (Å²) in [6, 6.07) is 0. The van der Waals surface area contributed by atoms with E-state index >= 15 is 0 Å². The summed E-state index contributed by atoms with van der Waals surface area (Å²) in [4.78, 5) is 16.0. The number of hydrogen-bond acceptors (Lipinski definition) is 4. The SMILES string of the molecule is O.O.[O]N=O.[O]N=O.[Pt]. The van der Waals surface area contributed by atoms with E-state index in [1.54, 1.807) is 0 Å². The first-order valence-electron chi connectivity index (χ1n) is 0.730. The summed E-state index contributed by atoms with van der Waals surface area (Å²) in [6.45, 7) is 0. The van der Waals surface area contributed by atoms with Gasteiger partial charge in [0.1, 0.15) is 0 Å². The van der Waals surface area contributed by atoms with Crippen LogP contribution in [-0.4, -0.2) is 11.0 Å². The molecule has 4 N–H and O–H groups in total. The van der Waals surface area contributed by atoms with E-state index < -0.39 is 0 Å². The van der Waals surface area contributed by atoms with Crippen LogP contribution in [0.5, 0.6) is 0 Å². The first-order chi connectivity index (χ1) is 2.83. The molecule has 9 heavy (non-hydrogen) atoms. The Morgan fingerprint density at radius 2 is 0.778 bits per heavy atom. The zero-order valence-corrected chi connectivity index (χ0v) is 6.12. The van der Waals surface area contributed by atoms with Crippen LogP contribution in [0.15, 0.2) is 10.7 Å². The molecule has 0 aliphatic heterocycles. The molecule has 0 aromatic carbocycles. The fourth-order valence-corrected chi connectivity index (χ4v) is 0. The minimum atomic E-state index is 0. The van der Waals surface area contributed by atoms with Gasteiger partial charge in [-0.2, -0.15) is 0 Å². The Labute approximate surface area is 63.6 Å². The van der Waals surface area contributed by atoms with E-state index in [9.17, 15) is 0 Å². The van der Waals surface area contributed by atoms with E-state index in [1.165, 1.54) is 0 Å². The number of rotatable bonds is 0. The standard InChI is InChI=1S/2NO2.2H2O.Pt/c2*2-1-3;;;/h;;2*1H2;. The van der Waals surface area contributed by atoms with E-state index in [4.69, 9.17) is 20.2 Å². The van der Waals surface area contributed by atoms with Crippen LogP contribution in [0, 0.1) is 9.81 Å². The monoisotopic (exact) mass is 323 g/mol. The Morgan fingerprint density at radius 3 is 0.778 bits per heavy atom. The molecule has 0 aliphatic carbocycles. The van der Waals surface area contributed by atoms with Gasteiger partial charge in [-0.3, -0.25) is 0 Å². The minimum Gasteiger partial charge on any atom is -0.412 e. The maximum Gasteiger partial charge on any atom is 0.204 e. The molecule has 0 atom stereocenters. The van der Waals surface area contributed by atoms with Crippen LogP contribution in [0.2, 0.25) is 0 Å². The molecule has 2 radical (unpaired) electrons. The van der Waals surface area contributed by atoms with Gasteiger partial charge in [0.25, 0.3) is 0 Å². The molecule has 0 rings (SSSR count). The molecule has 0 saturated carbocycles. The molecular weight excluding hydrogens is 319 g/mol. The van der Waals surface area contributed by atoms with Gasteiger partial charge in [0.15, 0.2) is 0 Å². The van der Waals surface area contributed by atoms with Crippen molar-refractivity contribution in [2.24, 2.45) is 10.7 Å². The third kappa shape index (κ3) is 619. The Hall–Kier alpha value is -0.592. The van der Waals surface area contributed by atoms with Crippen LogP contribution in [0.4, 0.5) is 0 Å². The molecule has 0 unspecified atom stereocenters. The Bertz CT molecular complexity index is 32.0. The van der Waals surface area contributed by atoms with Crippen molar-refractivity contribution in [3.8, 4) is 0 Å². The first-order valence-corrected chi connectivity index (χ1v) is 0.730. The molecule has 0 heterocycles. The van der Waals surface area contributed by atoms with Gasteiger partial charge in [-0.25, -0.2) is 0 Å². The summed E-state index contributed by atoms with van der Waals surface area (Å²) in [6.07, 6.45) is 0. The van der Waals surface area contributed by atoms with Crippen molar-refractivity contribution in [2.45, 2.75) is 0 Å². The van der Waals surface area contributed by atoms with E-state index in [1.807, 2.05) is 0 Å². The van der Waals surface area contributed by atoms with Crippen molar-refractivity contribution in [1.82, 2.24) is 0 Å². The molecule has 0 aliphatic rings. The van der Waals surface area contributed by atoms with Crippen molar-refractivity contribution in [1.29, 1.82) is 0 Å². The zero-order valence-electron chi connectivity index (χ0n) is 3.84. The Balaban J connectivity index is -0.00000000889. The quantitative estimate of drug-likeness (QED) is 0.394. The van der Waals surface area contributed by atoms with Gasteiger partial charge in [-0.05, 0) is 0 Å². The van der Waals surface area contributed by atoms with Crippen LogP contribution in [-0.2, 0) is 31.5 Å². The second kappa shape index (κ2) is 153. The molecule has 9 heteroatoms. The van der Waals surface area contributed by atoms with Crippen molar-refractivity contribution in [3.05, 3.63) is 9.81 Å². The smallest absolute Gasteiger partial charge is 0.204 e. The second-order valence-electron chi connectivity index (χ2n) is 0.149. The van der Waals surface area contributed by atoms with Gasteiger partial charge < -0.3 is 11.0 Å². The average molecular weight is 323 g/mol. The van der Waals surface area contributed by atoms with Crippen LogP contribution < -0.4 is 0 Å². The molecule has 0 fully saturated rings. The molecule has 0 aromatic rings. The molecule has 0 bridgehead atoms. The Kier molecular flexibility index (Phi) is 677.